The maximum absolute atomic E-state index is 12.9. The van der Waals surface area contributed by atoms with Gasteiger partial charge in [0, 0.05) is 36.1 Å². The normalized spacial score (nSPS) is 17.9. The number of aromatic nitrogens is 2. The van der Waals surface area contributed by atoms with E-state index < -0.39 is 12.1 Å². The molecule has 0 saturated carbocycles. The number of morpholine rings is 1. The topological polar surface area (TPSA) is 84.7 Å². The van der Waals surface area contributed by atoms with Gasteiger partial charge < -0.3 is 14.7 Å². The van der Waals surface area contributed by atoms with Crippen LogP contribution >= 0.6 is 11.3 Å². The van der Waals surface area contributed by atoms with Gasteiger partial charge in [-0.2, -0.15) is 0 Å². The van der Waals surface area contributed by atoms with Crippen LogP contribution in [-0.2, 0) is 9.53 Å². The molecule has 7 nitrogen and oxygen atoms in total. The van der Waals surface area contributed by atoms with Crippen LogP contribution in [0.25, 0.3) is 5.13 Å². The summed E-state index contributed by atoms with van der Waals surface area (Å²) in [6.07, 6.45) is 1.18. The van der Waals surface area contributed by atoms with E-state index in [1.165, 1.54) is 11.3 Å². The zero-order valence-corrected chi connectivity index (χ0v) is 14.4. The summed E-state index contributed by atoms with van der Waals surface area (Å²) >= 11 is 1.51. The Labute approximate surface area is 143 Å². The van der Waals surface area contributed by atoms with Gasteiger partial charge in [0.1, 0.15) is 0 Å². The zero-order valence-electron chi connectivity index (χ0n) is 13.6. The Morgan fingerprint density at radius 1 is 1.46 bits per heavy atom. The zero-order chi connectivity index (χ0) is 17.3. The SMILES string of the molecule is Cc1cc(C(=O)N2CCO[C@@H](CC(=O)O)C2)c(C)n1-c1nccs1. The number of amides is 1. The molecule has 1 N–H and O–H groups in total. The second kappa shape index (κ2) is 6.74. The maximum atomic E-state index is 12.9. The van der Waals surface area contributed by atoms with Crippen molar-refractivity contribution < 1.29 is 19.4 Å². The van der Waals surface area contributed by atoms with E-state index in [2.05, 4.69) is 4.98 Å². The van der Waals surface area contributed by atoms with Crippen molar-refractivity contribution in [3.63, 3.8) is 0 Å². The van der Waals surface area contributed by atoms with Crippen molar-refractivity contribution in [2.45, 2.75) is 26.4 Å². The van der Waals surface area contributed by atoms with Crippen LogP contribution in [0.5, 0.6) is 0 Å². The molecule has 1 fully saturated rings. The van der Waals surface area contributed by atoms with E-state index in [4.69, 9.17) is 9.84 Å². The molecular formula is C16H19N3O4S. The van der Waals surface area contributed by atoms with Crippen molar-refractivity contribution in [1.82, 2.24) is 14.5 Å². The van der Waals surface area contributed by atoms with Crippen LogP contribution in [0.15, 0.2) is 17.6 Å². The predicted octanol–water partition coefficient (Wildman–Crippen LogP) is 1.87. The highest BCUT2D eigenvalue weighted by atomic mass is 32.1. The Morgan fingerprint density at radius 3 is 2.92 bits per heavy atom. The number of carboxylic acids is 1. The molecule has 3 heterocycles. The molecule has 2 aromatic heterocycles. The van der Waals surface area contributed by atoms with Gasteiger partial charge in [0.05, 0.1) is 24.7 Å². The Morgan fingerprint density at radius 2 is 2.25 bits per heavy atom. The first-order valence-corrected chi connectivity index (χ1v) is 8.57. The summed E-state index contributed by atoms with van der Waals surface area (Å²) < 4.78 is 7.40. The summed E-state index contributed by atoms with van der Waals surface area (Å²) in [7, 11) is 0. The number of carbonyl (C=O) groups is 2. The number of rotatable bonds is 4. The molecule has 1 aliphatic rings. The average molecular weight is 349 g/mol. The Bertz CT molecular complexity index is 754. The van der Waals surface area contributed by atoms with Crippen molar-refractivity contribution in [1.29, 1.82) is 0 Å². The minimum atomic E-state index is -0.920. The van der Waals surface area contributed by atoms with Crippen molar-refractivity contribution in [3.05, 3.63) is 34.6 Å². The molecule has 0 unspecified atom stereocenters. The number of carbonyl (C=O) groups excluding carboxylic acids is 1. The smallest absolute Gasteiger partial charge is 0.306 e. The largest absolute Gasteiger partial charge is 0.481 e. The molecule has 0 aliphatic carbocycles. The molecule has 1 saturated heterocycles. The fourth-order valence-electron chi connectivity index (χ4n) is 2.99. The second-order valence-corrected chi connectivity index (χ2v) is 6.65. The van der Waals surface area contributed by atoms with Gasteiger partial charge in [-0.05, 0) is 19.9 Å². The molecule has 128 valence electrons. The number of aryl methyl sites for hydroxylation is 1. The van der Waals surface area contributed by atoms with E-state index >= 15 is 0 Å². The molecule has 0 aromatic carbocycles. The summed E-state index contributed by atoms with van der Waals surface area (Å²) in [4.78, 5) is 29.7. The highest BCUT2D eigenvalue weighted by Gasteiger charge is 2.28. The lowest BCUT2D eigenvalue weighted by atomic mass is 10.1. The van der Waals surface area contributed by atoms with E-state index in [0.29, 0.717) is 25.3 Å². The van der Waals surface area contributed by atoms with Crippen molar-refractivity contribution in [2.24, 2.45) is 0 Å². The number of carboxylic acid groups (broad SMARTS) is 1. The fraction of sp³-hybridized carbons (Fsp3) is 0.438. The number of ether oxygens (including phenoxy) is 1. The average Bonchev–Trinajstić information content (AvgIpc) is 3.14. The summed E-state index contributed by atoms with van der Waals surface area (Å²) in [6.45, 7) is 4.96. The molecule has 0 spiro atoms. The summed E-state index contributed by atoms with van der Waals surface area (Å²) in [5.74, 6) is -1.01. The van der Waals surface area contributed by atoms with Gasteiger partial charge in [0.2, 0.25) is 0 Å². The number of hydrogen-bond donors (Lipinski definition) is 1. The van der Waals surface area contributed by atoms with Crippen LogP contribution in [0.1, 0.15) is 28.2 Å². The number of nitrogens with zero attached hydrogens (tertiary/aromatic N) is 3. The fourth-order valence-corrected chi connectivity index (χ4v) is 3.74. The Balaban J connectivity index is 1.83. The lowest BCUT2D eigenvalue weighted by molar-refractivity contribution is -0.141. The maximum Gasteiger partial charge on any atom is 0.306 e. The lowest BCUT2D eigenvalue weighted by Crippen LogP contribution is -2.46. The highest BCUT2D eigenvalue weighted by Crippen LogP contribution is 2.24. The molecule has 1 atom stereocenters. The second-order valence-electron chi connectivity index (χ2n) is 5.78. The van der Waals surface area contributed by atoms with Gasteiger partial charge in [0.15, 0.2) is 5.13 Å². The van der Waals surface area contributed by atoms with Crippen LogP contribution in [-0.4, -0.2) is 57.2 Å². The van der Waals surface area contributed by atoms with Crippen molar-refractivity contribution in [2.75, 3.05) is 19.7 Å². The van der Waals surface area contributed by atoms with Gasteiger partial charge in [-0.3, -0.25) is 14.2 Å². The monoisotopic (exact) mass is 349 g/mol. The molecule has 0 bridgehead atoms. The van der Waals surface area contributed by atoms with Crippen LogP contribution in [0.4, 0.5) is 0 Å². The van der Waals surface area contributed by atoms with E-state index in [0.717, 1.165) is 16.5 Å². The standard InChI is InChI=1S/C16H19N3O4S/c1-10-7-13(11(2)19(10)16-17-3-6-24-16)15(22)18-4-5-23-12(9-18)8-14(20)21/h3,6-7,12H,4-5,8-9H2,1-2H3,(H,20,21)/t12-/m0/s1. The molecule has 0 radical (unpaired) electrons. The third-order valence-electron chi connectivity index (χ3n) is 4.10. The summed E-state index contributed by atoms with van der Waals surface area (Å²) in [5, 5.41) is 11.6. The lowest BCUT2D eigenvalue weighted by Gasteiger charge is -2.32. The number of hydrogen-bond acceptors (Lipinski definition) is 5. The van der Waals surface area contributed by atoms with Crippen molar-refractivity contribution in [3.8, 4) is 5.13 Å². The third-order valence-corrected chi connectivity index (χ3v) is 4.86. The van der Waals surface area contributed by atoms with Crippen LogP contribution in [0.3, 0.4) is 0 Å². The van der Waals surface area contributed by atoms with Crippen LogP contribution < -0.4 is 0 Å². The van der Waals surface area contributed by atoms with E-state index in [9.17, 15) is 9.59 Å². The van der Waals surface area contributed by atoms with E-state index in [1.54, 1.807) is 11.1 Å². The number of aliphatic carboxylic acids is 1. The van der Waals surface area contributed by atoms with Crippen molar-refractivity contribution >= 4 is 23.2 Å². The first-order chi connectivity index (χ1) is 11.5. The van der Waals surface area contributed by atoms with Gasteiger partial charge >= 0.3 is 5.97 Å². The highest BCUT2D eigenvalue weighted by molar-refractivity contribution is 7.12. The van der Waals surface area contributed by atoms with Crippen LogP contribution in [0, 0.1) is 13.8 Å². The third kappa shape index (κ3) is 3.20. The predicted molar refractivity (Wildman–Crippen MR) is 88.8 cm³/mol. The molecule has 8 heteroatoms. The van der Waals surface area contributed by atoms with Gasteiger partial charge in [0.25, 0.3) is 5.91 Å². The van der Waals surface area contributed by atoms with Gasteiger partial charge in [-0.25, -0.2) is 4.98 Å². The molecule has 1 aliphatic heterocycles. The minimum absolute atomic E-state index is 0.0930. The Kier molecular flexibility index (Phi) is 4.68. The molecule has 24 heavy (non-hydrogen) atoms. The minimum Gasteiger partial charge on any atom is -0.481 e. The van der Waals surface area contributed by atoms with Crippen LogP contribution in [0.2, 0.25) is 0 Å². The van der Waals surface area contributed by atoms with Gasteiger partial charge in [-0.15, -0.1) is 11.3 Å². The molecule has 2 aromatic rings. The molecule has 1 amide bonds. The van der Waals surface area contributed by atoms with E-state index in [-0.39, 0.29) is 12.3 Å². The summed E-state index contributed by atoms with van der Waals surface area (Å²) in [6, 6.07) is 1.86. The van der Waals surface area contributed by atoms with E-state index in [1.807, 2.05) is 29.9 Å². The number of thiazole rings is 1. The quantitative estimate of drug-likeness (QED) is 0.911. The first kappa shape index (κ1) is 16.7. The molecule has 3 rings (SSSR count). The van der Waals surface area contributed by atoms with Gasteiger partial charge in [-0.1, -0.05) is 0 Å². The Hall–Kier alpha value is -2.19. The first-order valence-electron chi connectivity index (χ1n) is 7.69. The summed E-state index contributed by atoms with van der Waals surface area (Å²) in [5.41, 5.74) is 2.41. The molecular weight excluding hydrogens is 330 g/mol.